The highest BCUT2D eigenvalue weighted by Crippen LogP contribution is 2.44. The molecule has 3 atom stereocenters. The number of alkyl carbamates (subject to hydrolysis) is 1. The first-order chi connectivity index (χ1) is 16.5. The van der Waals surface area contributed by atoms with E-state index in [9.17, 15) is 14.4 Å². The van der Waals surface area contributed by atoms with Gasteiger partial charge in [0.25, 0.3) is 0 Å². The van der Waals surface area contributed by atoms with Crippen LogP contribution in [0.25, 0.3) is 11.1 Å². The summed E-state index contributed by atoms with van der Waals surface area (Å²) in [7, 11) is 0. The molecule has 8 heteroatoms. The van der Waals surface area contributed by atoms with Gasteiger partial charge in [-0.15, -0.1) is 0 Å². The Kier molecular flexibility index (Phi) is 7.47. The van der Waals surface area contributed by atoms with E-state index in [0.717, 1.165) is 22.3 Å². The van der Waals surface area contributed by atoms with Crippen LogP contribution in [0.4, 0.5) is 4.79 Å². The second kappa shape index (κ2) is 10.7. The number of benzene rings is 2. The molecule has 1 aliphatic heterocycles. The van der Waals surface area contributed by atoms with Gasteiger partial charge < -0.3 is 25.2 Å². The molecular formula is C26H30N2O6. The monoisotopic (exact) mass is 466 g/mol. The molecule has 2 aromatic carbocycles. The summed E-state index contributed by atoms with van der Waals surface area (Å²) in [5.41, 5.74) is 4.54. The molecule has 2 aromatic rings. The van der Waals surface area contributed by atoms with Crippen LogP contribution in [0, 0.1) is 5.92 Å². The third-order valence-corrected chi connectivity index (χ3v) is 6.46. The normalized spacial score (nSPS) is 19.7. The van der Waals surface area contributed by atoms with E-state index in [1.54, 1.807) is 0 Å². The van der Waals surface area contributed by atoms with Gasteiger partial charge in [-0.25, -0.2) is 4.79 Å². The van der Waals surface area contributed by atoms with E-state index in [-0.39, 0.29) is 37.7 Å². The van der Waals surface area contributed by atoms with Crippen LogP contribution >= 0.6 is 0 Å². The van der Waals surface area contributed by atoms with Crippen molar-refractivity contribution in [2.24, 2.45) is 5.92 Å². The molecule has 3 N–H and O–H groups in total. The summed E-state index contributed by atoms with van der Waals surface area (Å²) < 4.78 is 11.0. The maximum absolute atomic E-state index is 12.7. The van der Waals surface area contributed by atoms with Crippen molar-refractivity contribution in [2.75, 3.05) is 19.8 Å². The molecule has 2 aliphatic rings. The van der Waals surface area contributed by atoms with Gasteiger partial charge in [-0.2, -0.15) is 0 Å². The Morgan fingerprint density at radius 3 is 2.32 bits per heavy atom. The molecular weight excluding hydrogens is 436 g/mol. The number of nitrogens with one attached hydrogen (secondary N) is 2. The Morgan fingerprint density at radius 2 is 1.74 bits per heavy atom. The molecule has 0 aromatic heterocycles. The summed E-state index contributed by atoms with van der Waals surface area (Å²) in [6.45, 7) is 2.45. The summed E-state index contributed by atoms with van der Waals surface area (Å²) in [6.07, 6.45) is 0.524. The van der Waals surface area contributed by atoms with E-state index < -0.39 is 24.0 Å². The molecule has 1 saturated heterocycles. The molecule has 1 heterocycles. The maximum atomic E-state index is 12.7. The lowest BCUT2D eigenvalue weighted by atomic mass is 9.98. The third-order valence-electron chi connectivity index (χ3n) is 6.46. The van der Waals surface area contributed by atoms with Crippen LogP contribution in [0.5, 0.6) is 0 Å². The van der Waals surface area contributed by atoms with Crippen molar-refractivity contribution in [3.05, 3.63) is 59.7 Å². The molecule has 34 heavy (non-hydrogen) atoms. The lowest BCUT2D eigenvalue weighted by Gasteiger charge is -2.20. The molecule has 0 bridgehead atoms. The zero-order valence-electron chi connectivity index (χ0n) is 19.2. The van der Waals surface area contributed by atoms with Gasteiger partial charge in [-0.3, -0.25) is 9.59 Å². The van der Waals surface area contributed by atoms with Crippen LogP contribution in [-0.4, -0.2) is 55.0 Å². The van der Waals surface area contributed by atoms with Crippen molar-refractivity contribution in [1.82, 2.24) is 10.6 Å². The van der Waals surface area contributed by atoms with Crippen LogP contribution in [0.3, 0.4) is 0 Å². The van der Waals surface area contributed by atoms with Crippen LogP contribution in [-0.2, 0) is 19.1 Å². The second-order valence-corrected chi connectivity index (χ2v) is 8.78. The van der Waals surface area contributed by atoms with Crippen molar-refractivity contribution < 1.29 is 29.0 Å². The predicted octanol–water partition coefficient (Wildman–Crippen LogP) is 3.30. The lowest BCUT2D eigenvalue weighted by Crippen LogP contribution is -2.48. The molecule has 0 spiro atoms. The van der Waals surface area contributed by atoms with E-state index in [1.165, 1.54) is 0 Å². The fourth-order valence-corrected chi connectivity index (χ4v) is 4.70. The van der Waals surface area contributed by atoms with E-state index in [2.05, 4.69) is 34.9 Å². The van der Waals surface area contributed by atoms with Gasteiger partial charge in [0.2, 0.25) is 5.91 Å². The second-order valence-electron chi connectivity index (χ2n) is 8.78. The number of hydrogen-bond donors (Lipinski definition) is 3. The van der Waals surface area contributed by atoms with Crippen LogP contribution in [0.2, 0.25) is 0 Å². The summed E-state index contributed by atoms with van der Waals surface area (Å²) in [4.78, 5) is 36.3. The summed E-state index contributed by atoms with van der Waals surface area (Å²) in [5, 5.41) is 14.5. The van der Waals surface area contributed by atoms with E-state index >= 15 is 0 Å². The van der Waals surface area contributed by atoms with Crippen molar-refractivity contribution >= 4 is 18.0 Å². The van der Waals surface area contributed by atoms with Crippen LogP contribution in [0.15, 0.2) is 48.5 Å². The number of amides is 2. The van der Waals surface area contributed by atoms with Gasteiger partial charge in [0.1, 0.15) is 12.6 Å². The van der Waals surface area contributed by atoms with Crippen LogP contribution < -0.4 is 10.6 Å². The Morgan fingerprint density at radius 1 is 1.09 bits per heavy atom. The number of fused-ring (bicyclic) bond motifs is 3. The number of carboxylic acids is 1. The highest BCUT2D eigenvalue weighted by molar-refractivity contribution is 5.85. The minimum Gasteiger partial charge on any atom is -0.481 e. The zero-order chi connectivity index (χ0) is 24.1. The topological polar surface area (TPSA) is 114 Å². The van der Waals surface area contributed by atoms with Crippen molar-refractivity contribution in [3.63, 3.8) is 0 Å². The largest absolute Gasteiger partial charge is 0.481 e. The number of carboxylic acid groups (broad SMARTS) is 1. The maximum Gasteiger partial charge on any atom is 0.407 e. The van der Waals surface area contributed by atoms with Gasteiger partial charge in [0.15, 0.2) is 0 Å². The number of carbonyl (C=O) groups excluding carboxylic acids is 2. The van der Waals surface area contributed by atoms with E-state index in [1.807, 2.05) is 31.2 Å². The van der Waals surface area contributed by atoms with E-state index in [4.69, 9.17) is 14.6 Å². The number of aliphatic carboxylic acids is 1. The average Bonchev–Trinajstić information content (AvgIpc) is 3.44. The standard InChI is InChI=1S/C26H30N2O6/c1-2-7-23(24(29)27-13-17-12-16(14-33-17)25(30)31)28-26(32)34-15-22-20-10-5-3-8-18(20)19-9-4-6-11-21(19)22/h3-6,8-11,16-17,22-23H,2,7,12-15H2,1H3,(H,27,29)(H,28,32)(H,30,31)/t16-,17-,23?/m1/s1. The van der Waals surface area contributed by atoms with Gasteiger partial charge in [0, 0.05) is 12.5 Å². The highest BCUT2D eigenvalue weighted by Gasteiger charge is 2.32. The third kappa shape index (κ3) is 5.22. The first kappa shape index (κ1) is 23.8. The first-order valence-electron chi connectivity index (χ1n) is 11.7. The molecule has 1 fully saturated rings. The van der Waals surface area contributed by atoms with Crippen molar-refractivity contribution in [2.45, 2.75) is 44.2 Å². The zero-order valence-corrected chi connectivity index (χ0v) is 19.2. The molecule has 8 nitrogen and oxygen atoms in total. The minimum absolute atomic E-state index is 0.0571. The minimum atomic E-state index is -0.894. The molecule has 4 rings (SSSR count). The molecule has 0 saturated carbocycles. The van der Waals surface area contributed by atoms with Crippen LogP contribution in [0.1, 0.15) is 43.2 Å². The van der Waals surface area contributed by atoms with Crippen molar-refractivity contribution in [3.8, 4) is 11.1 Å². The smallest absolute Gasteiger partial charge is 0.407 e. The Balaban J connectivity index is 1.31. The first-order valence-corrected chi connectivity index (χ1v) is 11.7. The number of rotatable bonds is 9. The number of ether oxygens (including phenoxy) is 2. The van der Waals surface area contributed by atoms with Gasteiger partial charge in [-0.1, -0.05) is 61.9 Å². The Bertz CT molecular complexity index is 1010. The van der Waals surface area contributed by atoms with Gasteiger partial charge in [0.05, 0.1) is 18.6 Å². The fraction of sp³-hybridized carbons (Fsp3) is 0.423. The summed E-state index contributed by atoms with van der Waals surface area (Å²) >= 11 is 0. The SMILES string of the molecule is CCCC(NC(=O)OCC1c2ccccc2-c2ccccc21)C(=O)NC[C@H]1C[C@@H](C(=O)O)CO1. The highest BCUT2D eigenvalue weighted by atomic mass is 16.5. The van der Waals surface area contributed by atoms with Gasteiger partial charge >= 0.3 is 12.1 Å². The van der Waals surface area contributed by atoms with E-state index in [0.29, 0.717) is 19.3 Å². The molecule has 1 unspecified atom stereocenters. The quantitative estimate of drug-likeness (QED) is 0.523. The summed E-state index contributed by atoms with van der Waals surface area (Å²) in [6, 6.07) is 15.5. The predicted molar refractivity (Wildman–Crippen MR) is 125 cm³/mol. The molecule has 2 amide bonds. The summed E-state index contributed by atoms with van der Waals surface area (Å²) in [5.74, 6) is -1.84. The average molecular weight is 467 g/mol. The van der Waals surface area contributed by atoms with Gasteiger partial charge in [-0.05, 0) is 35.1 Å². The fourth-order valence-electron chi connectivity index (χ4n) is 4.70. The Labute approximate surface area is 198 Å². The molecule has 0 radical (unpaired) electrons. The molecule has 1 aliphatic carbocycles. The Hall–Kier alpha value is -3.39. The number of carbonyl (C=O) groups is 3. The van der Waals surface area contributed by atoms with Crippen molar-refractivity contribution in [1.29, 1.82) is 0 Å². The molecule has 180 valence electrons. The lowest BCUT2D eigenvalue weighted by molar-refractivity contribution is -0.141. The number of hydrogen-bond acceptors (Lipinski definition) is 5.